The summed E-state index contributed by atoms with van der Waals surface area (Å²) in [5.41, 5.74) is 2.25. The number of carbonyl (C=O) groups excluding carboxylic acids is 1. The highest BCUT2D eigenvalue weighted by Gasteiger charge is 2.11. The Bertz CT molecular complexity index is 707. The third-order valence-corrected chi connectivity index (χ3v) is 3.83. The van der Waals surface area contributed by atoms with Crippen LogP contribution in [0.3, 0.4) is 0 Å². The number of likely N-dealkylation sites (N-methyl/N-ethyl adjacent to an activating group) is 1. The summed E-state index contributed by atoms with van der Waals surface area (Å²) in [5, 5.41) is 12.3. The molecule has 2 aromatic carbocycles. The number of amides is 1. The molecule has 0 radical (unpaired) electrons. The van der Waals surface area contributed by atoms with Crippen LogP contribution in [0, 0.1) is 11.3 Å². The van der Waals surface area contributed by atoms with Gasteiger partial charge >= 0.3 is 0 Å². The zero-order chi connectivity index (χ0) is 16.7. The molecule has 23 heavy (non-hydrogen) atoms. The van der Waals surface area contributed by atoms with E-state index in [4.69, 9.17) is 16.9 Å². The summed E-state index contributed by atoms with van der Waals surface area (Å²) in [6, 6.07) is 16.5. The van der Waals surface area contributed by atoms with Gasteiger partial charge in [0.2, 0.25) is 5.91 Å². The Kier molecular flexibility index (Phi) is 6.16. The number of hydrogen-bond donors (Lipinski definition) is 1. The van der Waals surface area contributed by atoms with E-state index in [1.807, 2.05) is 42.2 Å². The van der Waals surface area contributed by atoms with E-state index in [1.54, 1.807) is 24.3 Å². The fourth-order valence-corrected chi connectivity index (χ4v) is 2.37. The van der Waals surface area contributed by atoms with Gasteiger partial charge < -0.3 is 5.32 Å². The second-order valence-electron chi connectivity index (χ2n) is 5.13. The molecule has 0 saturated carbocycles. The van der Waals surface area contributed by atoms with Crippen LogP contribution in [0.1, 0.15) is 18.1 Å². The second kappa shape index (κ2) is 8.33. The van der Waals surface area contributed by atoms with Gasteiger partial charge in [-0.3, -0.25) is 9.69 Å². The molecule has 5 heteroatoms. The molecule has 4 nitrogen and oxygen atoms in total. The van der Waals surface area contributed by atoms with Crippen LogP contribution in [0.4, 0.5) is 5.69 Å². The minimum absolute atomic E-state index is 0.0939. The molecule has 0 aromatic heterocycles. The highest BCUT2D eigenvalue weighted by Crippen LogP contribution is 2.17. The Hall–Kier alpha value is -2.35. The van der Waals surface area contributed by atoms with Crippen LogP contribution in [0.2, 0.25) is 5.02 Å². The normalized spacial score (nSPS) is 10.3. The number of nitrogens with zero attached hydrogens (tertiary/aromatic N) is 2. The van der Waals surface area contributed by atoms with Crippen molar-refractivity contribution in [3.05, 3.63) is 64.7 Å². The van der Waals surface area contributed by atoms with Crippen LogP contribution in [-0.4, -0.2) is 23.9 Å². The summed E-state index contributed by atoms with van der Waals surface area (Å²) in [7, 11) is 0. The standard InChI is InChI=1S/C18H18ClN3O/c1-2-22(12-15-5-3-4-6-17(15)19)13-18(23)21-16-9-7-14(11-20)8-10-16/h3-10H,2,12-13H2,1H3,(H,21,23). The minimum atomic E-state index is -0.0939. The van der Waals surface area contributed by atoms with Crippen LogP contribution >= 0.6 is 11.6 Å². The molecule has 1 amide bonds. The molecule has 118 valence electrons. The first-order valence-corrected chi connectivity index (χ1v) is 7.76. The number of anilines is 1. The molecule has 0 aliphatic rings. The second-order valence-corrected chi connectivity index (χ2v) is 5.54. The predicted octanol–water partition coefficient (Wildman–Crippen LogP) is 3.67. The number of rotatable bonds is 6. The Morgan fingerprint density at radius 1 is 1.22 bits per heavy atom. The summed E-state index contributed by atoms with van der Waals surface area (Å²) in [4.78, 5) is 14.2. The molecule has 0 heterocycles. The molecule has 0 atom stereocenters. The van der Waals surface area contributed by atoms with Crippen LogP contribution in [0.15, 0.2) is 48.5 Å². The lowest BCUT2D eigenvalue weighted by atomic mass is 10.2. The topological polar surface area (TPSA) is 56.1 Å². The summed E-state index contributed by atoms with van der Waals surface area (Å²) in [5.74, 6) is -0.0939. The van der Waals surface area contributed by atoms with E-state index in [-0.39, 0.29) is 12.5 Å². The highest BCUT2D eigenvalue weighted by atomic mass is 35.5. The van der Waals surface area contributed by atoms with Crippen molar-refractivity contribution in [3.8, 4) is 6.07 Å². The van der Waals surface area contributed by atoms with Gasteiger partial charge in [-0.05, 0) is 42.4 Å². The molecule has 0 fully saturated rings. The lowest BCUT2D eigenvalue weighted by Crippen LogP contribution is -2.32. The SMILES string of the molecule is CCN(CC(=O)Nc1ccc(C#N)cc1)Cc1ccccc1Cl. The third kappa shape index (κ3) is 5.10. The Balaban J connectivity index is 1.94. The van der Waals surface area contributed by atoms with Crippen molar-refractivity contribution in [1.82, 2.24) is 4.90 Å². The average molecular weight is 328 g/mol. The fourth-order valence-electron chi connectivity index (χ4n) is 2.18. The van der Waals surface area contributed by atoms with E-state index >= 15 is 0 Å². The maximum atomic E-state index is 12.2. The molecule has 0 unspecified atom stereocenters. The lowest BCUT2D eigenvalue weighted by Gasteiger charge is -2.20. The molecule has 1 N–H and O–H groups in total. The maximum absolute atomic E-state index is 12.2. The van der Waals surface area contributed by atoms with E-state index < -0.39 is 0 Å². The van der Waals surface area contributed by atoms with Crippen molar-refractivity contribution in [1.29, 1.82) is 5.26 Å². The van der Waals surface area contributed by atoms with Crippen LogP contribution in [0.5, 0.6) is 0 Å². The minimum Gasteiger partial charge on any atom is -0.325 e. The van der Waals surface area contributed by atoms with Crippen molar-refractivity contribution in [3.63, 3.8) is 0 Å². The largest absolute Gasteiger partial charge is 0.325 e. The maximum Gasteiger partial charge on any atom is 0.238 e. The molecule has 2 rings (SSSR count). The monoisotopic (exact) mass is 327 g/mol. The average Bonchev–Trinajstić information content (AvgIpc) is 2.56. The van der Waals surface area contributed by atoms with Gasteiger partial charge in [-0.1, -0.05) is 36.7 Å². The van der Waals surface area contributed by atoms with Crippen molar-refractivity contribution >= 4 is 23.2 Å². The van der Waals surface area contributed by atoms with Crippen molar-refractivity contribution < 1.29 is 4.79 Å². The Morgan fingerprint density at radius 2 is 1.91 bits per heavy atom. The quantitative estimate of drug-likeness (QED) is 0.880. The lowest BCUT2D eigenvalue weighted by molar-refractivity contribution is -0.117. The molecular formula is C18H18ClN3O. The number of nitrogens with one attached hydrogen (secondary N) is 1. The van der Waals surface area contributed by atoms with E-state index in [1.165, 1.54) is 0 Å². The van der Waals surface area contributed by atoms with Crippen molar-refractivity contribution in [2.45, 2.75) is 13.5 Å². The Labute approximate surface area is 141 Å². The van der Waals surface area contributed by atoms with Crippen molar-refractivity contribution in [2.75, 3.05) is 18.4 Å². The molecule has 0 aliphatic heterocycles. The van der Waals surface area contributed by atoms with E-state index in [2.05, 4.69) is 5.32 Å². The zero-order valence-electron chi connectivity index (χ0n) is 12.9. The fraction of sp³-hybridized carbons (Fsp3) is 0.222. The molecule has 2 aromatic rings. The van der Waals surface area contributed by atoms with Gasteiger partial charge in [-0.15, -0.1) is 0 Å². The van der Waals surface area contributed by atoms with Crippen LogP contribution < -0.4 is 5.32 Å². The smallest absolute Gasteiger partial charge is 0.238 e. The first-order valence-electron chi connectivity index (χ1n) is 7.38. The molecule has 0 aliphatic carbocycles. The first-order chi connectivity index (χ1) is 11.1. The van der Waals surface area contributed by atoms with Crippen LogP contribution in [-0.2, 0) is 11.3 Å². The Morgan fingerprint density at radius 3 is 2.52 bits per heavy atom. The summed E-state index contributed by atoms with van der Waals surface area (Å²) >= 11 is 6.17. The number of benzene rings is 2. The predicted molar refractivity (Wildman–Crippen MR) is 92.2 cm³/mol. The summed E-state index contributed by atoms with van der Waals surface area (Å²) < 4.78 is 0. The van der Waals surface area contributed by atoms with Gasteiger partial charge in [0.05, 0.1) is 18.2 Å². The number of hydrogen-bond acceptors (Lipinski definition) is 3. The van der Waals surface area contributed by atoms with Gasteiger partial charge in [0.25, 0.3) is 0 Å². The molecular weight excluding hydrogens is 310 g/mol. The van der Waals surface area contributed by atoms with Crippen molar-refractivity contribution in [2.24, 2.45) is 0 Å². The van der Waals surface area contributed by atoms with E-state index in [0.29, 0.717) is 22.8 Å². The zero-order valence-corrected chi connectivity index (χ0v) is 13.7. The number of nitriles is 1. The third-order valence-electron chi connectivity index (χ3n) is 3.46. The first kappa shape index (κ1) is 17.0. The van der Waals surface area contributed by atoms with E-state index in [0.717, 1.165) is 12.1 Å². The molecule has 0 saturated heterocycles. The van der Waals surface area contributed by atoms with Gasteiger partial charge in [0, 0.05) is 17.3 Å². The molecule has 0 spiro atoms. The van der Waals surface area contributed by atoms with Gasteiger partial charge in [-0.2, -0.15) is 5.26 Å². The summed E-state index contributed by atoms with van der Waals surface area (Å²) in [6.45, 7) is 3.65. The van der Waals surface area contributed by atoms with Gasteiger partial charge in [0.15, 0.2) is 0 Å². The highest BCUT2D eigenvalue weighted by molar-refractivity contribution is 6.31. The van der Waals surface area contributed by atoms with E-state index in [9.17, 15) is 4.79 Å². The number of halogens is 1. The van der Waals surface area contributed by atoms with Gasteiger partial charge in [-0.25, -0.2) is 0 Å². The number of carbonyl (C=O) groups is 1. The van der Waals surface area contributed by atoms with Crippen LogP contribution in [0.25, 0.3) is 0 Å². The van der Waals surface area contributed by atoms with Gasteiger partial charge in [0.1, 0.15) is 0 Å². The summed E-state index contributed by atoms with van der Waals surface area (Å²) in [6.07, 6.45) is 0. The molecule has 0 bridgehead atoms.